The molecule has 0 saturated carbocycles. The lowest BCUT2D eigenvalue weighted by Crippen LogP contribution is -2.55. The Bertz CT molecular complexity index is 403. The first-order valence-corrected chi connectivity index (χ1v) is 10.3. The Kier molecular flexibility index (Phi) is 8.67. The van der Waals surface area contributed by atoms with Gasteiger partial charge in [0.25, 0.3) is 0 Å². The van der Waals surface area contributed by atoms with Gasteiger partial charge in [-0.2, -0.15) is 0 Å². The zero-order chi connectivity index (χ0) is 18.2. The van der Waals surface area contributed by atoms with Crippen LogP contribution in [0.1, 0.15) is 84.0 Å². The molecule has 2 rings (SSSR count). The molecule has 5 nitrogen and oxygen atoms in total. The smallest absolute Gasteiger partial charge is 0.305 e. The van der Waals surface area contributed by atoms with Gasteiger partial charge in [0.2, 0.25) is 0 Å². The van der Waals surface area contributed by atoms with Crippen molar-refractivity contribution in [2.45, 2.75) is 108 Å². The lowest BCUT2D eigenvalue weighted by molar-refractivity contribution is -0.139. The molecule has 2 heterocycles. The highest BCUT2D eigenvalue weighted by Gasteiger charge is 2.37. The fourth-order valence-electron chi connectivity index (χ4n) is 4.71. The van der Waals surface area contributed by atoms with Crippen LogP contribution in [0.2, 0.25) is 0 Å². The quantitative estimate of drug-likeness (QED) is 0.524. The van der Waals surface area contributed by atoms with Crippen molar-refractivity contribution in [2.75, 3.05) is 6.54 Å². The molecule has 2 fully saturated rings. The lowest BCUT2D eigenvalue weighted by Gasteiger charge is -2.48. The first kappa shape index (κ1) is 20.7. The van der Waals surface area contributed by atoms with Crippen molar-refractivity contribution in [3.8, 4) is 0 Å². The molecule has 5 atom stereocenters. The first-order valence-electron chi connectivity index (χ1n) is 10.3. The number of carboxylic acids is 1. The molecular formula is C20H37NO4. The minimum Gasteiger partial charge on any atom is -0.481 e. The van der Waals surface area contributed by atoms with Gasteiger partial charge in [-0.15, -0.1) is 0 Å². The molecule has 0 unspecified atom stereocenters. The highest BCUT2D eigenvalue weighted by atomic mass is 16.4. The second kappa shape index (κ2) is 10.5. The molecule has 5 heteroatoms. The number of fused-ring (bicyclic) bond motifs is 1. The van der Waals surface area contributed by atoms with Crippen molar-refractivity contribution in [3.05, 3.63) is 0 Å². The van der Waals surface area contributed by atoms with Gasteiger partial charge in [-0.05, 0) is 51.5 Å². The third kappa shape index (κ3) is 6.87. The minimum absolute atomic E-state index is 0.129. The molecule has 2 saturated heterocycles. The van der Waals surface area contributed by atoms with E-state index >= 15 is 0 Å². The van der Waals surface area contributed by atoms with Crippen LogP contribution < -0.4 is 0 Å². The predicted molar refractivity (Wildman–Crippen MR) is 98.5 cm³/mol. The Hall–Kier alpha value is -0.650. The summed E-state index contributed by atoms with van der Waals surface area (Å²) in [5.74, 6) is -0.0681. The summed E-state index contributed by atoms with van der Waals surface area (Å²) in [7, 11) is 0. The summed E-state index contributed by atoms with van der Waals surface area (Å²) in [6.45, 7) is 3.32. The summed E-state index contributed by atoms with van der Waals surface area (Å²) < 4.78 is 0. The molecule has 0 spiro atoms. The zero-order valence-corrected chi connectivity index (χ0v) is 15.8. The van der Waals surface area contributed by atoms with E-state index in [0.29, 0.717) is 18.5 Å². The summed E-state index contributed by atoms with van der Waals surface area (Å²) in [4.78, 5) is 13.0. The maximum Gasteiger partial charge on any atom is 0.305 e. The average molecular weight is 356 g/mol. The zero-order valence-electron chi connectivity index (χ0n) is 15.8. The van der Waals surface area contributed by atoms with Crippen molar-refractivity contribution in [2.24, 2.45) is 5.92 Å². The van der Waals surface area contributed by atoms with Crippen LogP contribution in [-0.4, -0.2) is 57.0 Å². The van der Waals surface area contributed by atoms with Crippen LogP contribution in [0.3, 0.4) is 0 Å². The molecular weight excluding hydrogens is 318 g/mol. The normalized spacial score (nSPS) is 31.5. The number of carboxylic acid groups (broad SMARTS) is 1. The van der Waals surface area contributed by atoms with Gasteiger partial charge >= 0.3 is 5.97 Å². The number of hydrogen-bond acceptors (Lipinski definition) is 4. The van der Waals surface area contributed by atoms with Gasteiger partial charge in [0.1, 0.15) is 0 Å². The van der Waals surface area contributed by atoms with Gasteiger partial charge < -0.3 is 15.3 Å². The van der Waals surface area contributed by atoms with E-state index in [4.69, 9.17) is 5.11 Å². The van der Waals surface area contributed by atoms with Gasteiger partial charge in [-0.3, -0.25) is 9.69 Å². The van der Waals surface area contributed by atoms with Gasteiger partial charge in [0.05, 0.1) is 18.6 Å². The summed E-state index contributed by atoms with van der Waals surface area (Å²) in [6, 6.07) is 1.02. The molecule has 0 aromatic rings. The second-order valence-corrected chi connectivity index (χ2v) is 8.26. The van der Waals surface area contributed by atoms with Crippen LogP contribution in [0.25, 0.3) is 0 Å². The highest BCUT2D eigenvalue weighted by Crippen LogP contribution is 2.35. The Labute approximate surface area is 152 Å². The fraction of sp³-hybridized carbons (Fsp3) is 0.950. The van der Waals surface area contributed by atoms with E-state index < -0.39 is 12.1 Å². The van der Waals surface area contributed by atoms with E-state index in [1.54, 1.807) is 0 Å². The van der Waals surface area contributed by atoms with E-state index in [-0.39, 0.29) is 12.5 Å². The van der Waals surface area contributed by atoms with Crippen molar-refractivity contribution in [3.63, 3.8) is 0 Å². The molecule has 25 heavy (non-hydrogen) atoms. The maximum atomic E-state index is 10.5. The number of unbranched alkanes of at least 4 members (excludes halogenated alkanes) is 4. The van der Waals surface area contributed by atoms with E-state index in [1.165, 1.54) is 38.5 Å². The van der Waals surface area contributed by atoms with Crippen molar-refractivity contribution in [1.82, 2.24) is 4.90 Å². The minimum atomic E-state index is -0.916. The van der Waals surface area contributed by atoms with Gasteiger partial charge in [-0.1, -0.05) is 38.5 Å². The number of aliphatic carboxylic acids is 1. The molecule has 2 aliphatic rings. The number of aliphatic hydroxyl groups is 2. The van der Waals surface area contributed by atoms with Crippen LogP contribution >= 0.6 is 0 Å². The molecule has 0 radical (unpaired) electrons. The van der Waals surface area contributed by atoms with Gasteiger partial charge in [-0.25, -0.2) is 0 Å². The van der Waals surface area contributed by atoms with Crippen molar-refractivity contribution in [1.29, 1.82) is 0 Å². The van der Waals surface area contributed by atoms with Crippen LogP contribution in [0, 0.1) is 5.92 Å². The summed E-state index contributed by atoms with van der Waals surface area (Å²) in [5, 5.41) is 28.1. The van der Waals surface area contributed by atoms with E-state index in [0.717, 1.165) is 38.1 Å². The molecule has 0 bridgehead atoms. The number of piperidine rings is 2. The Morgan fingerprint density at radius 3 is 2.60 bits per heavy atom. The SMILES string of the molecule is C[C@H]1[C@H](O)CC[C@H]2C[C@@H](CCCCCCC[C@@H](O)CC(=O)O)CCN21. The lowest BCUT2D eigenvalue weighted by atomic mass is 9.81. The Morgan fingerprint density at radius 1 is 1.12 bits per heavy atom. The fourth-order valence-corrected chi connectivity index (χ4v) is 4.71. The van der Waals surface area contributed by atoms with E-state index in [1.807, 2.05) is 0 Å². The number of rotatable bonds is 10. The van der Waals surface area contributed by atoms with Crippen LogP contribution in [0.15, 0.2) is 0 Å². The molecule has 0 aliphatic carbocycles. The largest absolute Gasteiger partial charge is 0.481 e. The van der Waals surface area contributed by atoms with Gasteiger partial charge in [0, 0.05) is 12.1 Å². The summed E-state index contributed by atoms with van der Waals surface area (Å²) in [6.07, 6.45) is 11.4. The van der Waals surface area contributed by atoms with E-state index in [9.17, 15) is 15.0 Å². The molecule has 2 aliphatic heterocycles. The van der Waals surface area contributed by atoms with Crippen molar-refractivity contribution < 1.29 is 20.1 Å². The Morgan fingerprint density at radius 2 is 1.84 bits per heavy atom. The monoisotopic (exact) mass is 355 g/mol. The number of hydrogen-bond donors (Lipinski definition) is 3. The molecule has 0 aromatic heterocycles. The van der Waals surface area contributed by atoms with Crippen LogP contribution in [-0.2, 0) is 4.79 Å². The third-order valence-corrected chi connectivity index (χ3v) is 6.31. The number of aliphatic hydroxyl groups excluding tert-OH is 2. The average Bonchev–Trinajstić information content (AvgIpc) is 2.56. The standard InChI is InChI=1S/C20H37NO4/c1-15-19(23)10-9-17-13-16(11-12-21(15)17)7-5-3-2-4-6-8-18(22)14-20(24)25/h15-19,22-23H,2-14H2,1H3,(H,24,25)/t15-,16-,17-,18+,19+/m0/s1. The highest BCUT2D eigenvalue weighted by molar-refractivity contribution is 5.67. The van der Waals surface area contributed by atoms with Crippen LogP contribution in [0.4, 0.5) is 0 Å². The topological polar surface area (TPSA) is 81.0 Å². The molecule has 146 valence electrons. The summed E-state index contributed by atoms with van der Waals surface area (Å²) in [5.41, 5.74) is 0. The van der Waals surface area contributed by atoms with Crippen molar-refractivity contribution >= 4 is 5.97 Å². The predicted octanol–water partition coefficient (Wildman–Crippen LogP) is 3.18. The molecule has 0 amide bonds. The Balaban J connectivity index is 1.50. The number of carbonyl (C=O) groups is 1. The third-order valence-electron chi connectivity index (χ3n) is 6.31. The number of nitrogens with zero attached hydrogens (tertiary/aromatic N) is 1. The molecule has 0 aromatic carbocycles. The van der Waals surface area contributed by atoms with E-state index in [2.05, 4.69) is 11.8 Å². The molecule has 3 N–H and O–H groups in total. The first-order chi connectivity index (χ1) is 12.0. The van der Waals surface area contributed by atoms with Crippen LogP contribution in [0.5, 0.6) is 0 Å². The maximum absolute atomic E-state index is 10.5. The summed E-state index contributed by atoms with van der Waals surface area (Å²) >= 11 is 0. The second-order valence-electron chi connectivity index (χ2n) is 8.26. The van der Waals surface area contributed by atoms with Gasteiger partial charge in [0.15, 0.2) is 0 Å².